The number of aromatic nitrogens is 2. The van der Waals surface area contributed by atoms with Crippen LogP contribution >= 0.6 is 0 Å². The molecular formula is C15H14N2. The lowest BCUT2D eigenvalue weighted by Crippen LogP contribution is -1.84. The number of nitrogens with one attached hydrogen (secondary N) is 1. The molecule has 3 rings (SSSR count). The summed E-state index contributed by atoms with van der Waals surface area (Å²) < 4.78 is 0. The van der Waals surface area contributed by atoms with Gasteiger partial charge in [0, 0.05) is 5.56 Å². The number of aromatic amines is 1. The van der Waals surface area contributed by atoms with Crippen LogP contribution in [0.5, 0.6) is 0 Å². The molecule has 0 radical (unpaired) electrons. The molecule has 0 atom stereocenters. The van der Waals surface area contributed by atoms with Crippen molar-refractivity contribution < 1.29 is 0 Å². The van der Waals surface area contributed by atoms with Crippen LogP contribution in [0.15, 0.2) is 36.4 Å². The van der Waals surface area contributed by atoms with E-state index in [2.05, 4.69) is 53.3 Å². The van der Waals surface area contributed by atoms with Crippen molar-refractivity contribution in [1.82, 2.24) is 9.97 Å². The molecule has 2 aromatic rings. The van der Waals surface area contributed by atoms with Gasteiger partial charge in [0.2, 0.25) is 0 Å². The lowest BCUT2D eigenvalue weighted by Gasteiger charge is -2.00. The quantitative estimate of drug-likeness (QED) is 0.780. The third-order valence-corrected chi connectivity index (χ3v) is 2.99. The molecule has 1 aromatic heterocycles. The minimum Gasteiger partial charge on any atom is -0.338 e. The van der Waals surface area contributed by atoms with Gasteiger partial charge in [0.1, 0.15) is 5.82 Å². The van der Waals surface area contributed by atoms with Gasteiger partial charge in [-0.1, -0.05) is 36.4 Å². The average Bonchev–Trinajstić information content (AvgIpc) is 2.61. The van der Waals surface area contributed by atoms with Crippen molar-refractivity contribution in [3.05, 3.63) is 53.4 Å². The molecule has 0 bridgehead atoms. The van der Waals surface area contributed by atoms with E-state index in [1.165, 1.54) is 11.1 Å². The molecular weight excluding hydrogens is 208 g/mol. The number of allylic oxidation sites excluding steroid dienone is 2. The molecule has 2 nitrogen and oxygen atoms in total. The number of nitrogens with zero attached hydrogens (tertiary/aromatic N) is 1. The van der Waals surface area contributed by atoms with E-state index in [-0.39, 0.29) is 0 Å². The summed E-state index contributed by atoms with van der Waals surface area (Å²) in [7, 11) is 0. The molecule has 84 valence electrons. The highest BCUT2D eigenvalue weighted by molar-refractivity contribution is 5.69. The van der Waals surface area contributed by atoms with E-state index >= 15 is 0 Å². The maximum absolute atomic E-state index is 4.65. The van der Waals surface area contributed by atoms with Crippen LogP contribution < -0.4 is 0 Å². The monoisotopic (exact) mass is 222 g/mol. The van der Waals surface area contributed by atoms with Crippen LogP contribution in [0.3, 0.4) is 0 Å². The summed E-state index contributed by atoms with van der Waals surface area (Å²) in [6.45, 7) is 2.11. The van der Waals surface area contributed by atoms with E-state index in [4.69, 9.17) is 0 Å². The van der Waals surface area contributed by atoms with Gasteiger partial charge in [0.15, 0.2) is 0 Å². The Morgan fingerprint density at radius 1 is 1.12 bits per heavy atom. The van der Waals surface area contributed by atoms with Crippen LogP contribution in [-0.2, 0) is 0 Å². The molecule has 0 saturated heterocycles. The molecule has 0 unspecified atom stereocenters. The van der Waals surface area contributed by atoms with Crippen LogP contribution in [-0.4, -0.2) is 9.97 Å². The first-order chi connectivity index (χ1) is 8.34. The molecule has 0 aliphatic heterocycles. The lowest BCUT2D eigenvalue weighted by molar-refractivity contribution is 1.27. The molecule has 0 amide bonds. The van der Waals surface area contributed by atoms with Crippen molar-refractivity contribution >= 4 is 12.2 Å². The Kier molecular flexibility index (Phi) is 2.41. The fourth-order valence-corrected chi connectivity index (χ4v) is 2.06. The first-order valence-corrected chi connectivity index (χ1v) is 5.84. The van der Waals surface area contributed by atoms with Gasteiger partial charge in [-0.25, -0.2) is 4.98 Å². The Bertz CT molecular complexity index is 574. The SMILES string of the molecule is Cc1ccccc1-c1nc2c([nH]1)C=CCC=C2. The third-order valence-electron chi connectivity index (χ3n) is 2.99. The second-order valence-electron chi connectivity index (χ2n) is 4.24. The number of hydrogen-bond donors (Lipinski definition) is 1. The summed E-state index contributed by atoms with van der Waals surface area (Å²) in [5.41, 5.74) is 4.53. The number of benzene rings is 1. The smallest absolute Gasteiger partial charge is 0.138 e. The predicted octanol–water partition coefficient (Wildman–Crippen LogP) is 3.82. The first kappa shape index (κ1) is 10.1. The first-order valence-electron chi connectivity index (χ1n) is 5.84. The molecule has 0 saturated carbocycles. The van der Waals surface area contributed by atoms with Gasteiger partial charge in [0.25, 0.3) is 0 Å². The van der Waals surface area contributed by atoms with Gasteiger partial charge in [-0.3, -0.25) is 0 Å². The fourth-order valence-electron chi connectivity index (χ4n) is 2.06. The second-order valence-corrected chi connectivity index (χ2v) is 4.24. The van der Waals surface area contributed by atoms with E-state index in [9.17, 15) is 0 Å². The van der Waals surface area contributed by atoms with E-state index in [1.54, 1.807) is 0 Å². The van der Waals surface area contributed by atoms with Gasteiger partial charge < -0.3 is 4.98 Å². The number of rotatable bonds is 1. The maximum atomic E-state index is 4.65. The van der Waals surface area contributed by atoms with Crippen molar-refractivity contribution in [2.75, 3.05) is 0 Å². The minimum absolute atomic E-state index is 0.948. The molecule has 0 spiro atoms. The van der Waals surface area contributed by atoms with Crippen LogP contribution in [0, 0.1) is 6.92 Å². The average molecular weight is 222 g/mol. The van der Waals surface area contributed by atoms with Gasteiger partial charge in [-0.15, -0.1) is 0 Å². The Labute approximate surface area is 101 Å². The zero-order valence-corrected chi connectivity index (χ0v) is 9.77. The van der Waals surface area contributed by atoms with Gasteiger partial charge in [-0.2, -0.15) is 0 Å². The zero-order chi connectivity index (χ0) is 11.7. The van der Waals surface area contributed by atoms with Crippen molar-refractivity contribution in [1.29, 1.82) is 0 Å². The number of fused-ring (bicyclic) bond motifs is 1. The van der Waals surface area contributed by atoms with Gasteiger partial charge in [-0.05, 0) is 31.1 Å². The molecule has 1 heterocycles. The second kappa shape index (κ2) is 4.06. The van der Waals surface area contributed by atoms with E-state index in [0.29, 0.717) is 0 Å². The van der Waals surface area contributed by atoms with Crippen molar-refractivity contribution in [3.8, 4) is 11.4 Å². The Balaban J connectivity index is 2.12. The molecule has 1 aliphatic rings. The van der Waals surface area contributed by atoms with Crippen LogP contribution in [0.1, 0.15) is 23.4 Å². The zero-order valence-electron chi connectivity index (χ0n) is 9.77. The fraction of sp³-hybridized carbons (Fsp3) is 0.133. The van der Waals surface area contributed by atoms with E-state index in [0.717, 1.165) is 23.6 Å². The lowest BCUT2D eigenvalue weighted by atomic mass is 10.1. The summed E-state index contributed by atoms with van der Waals surface area (Å²) in [5, 5.41) is 0. The molecule has 0 fully saturated rings. The third kappa shape index (κ3) is 1.82. The normalized spacial score (nSPS) is 13.5. The Hall–Kier alpha value is -2.09. The van der Waals surface area contributed by atoms with Gasteiger partial charge >= 0.3 is 0 Å². The summed E-state index contributed by atoms with van der Waals surface area (Å²) in [5.74, 6) is 0.948. The number of imidazole rings is 1. The summed E-state index contributed by atoms with van der Waals surface area (Å²) in [6.07, 6.45) is 9.43. The minimum atomic E-state index is 0.948. The molecule has 2 heteroatoms. The van der Waals surface area contributed by atoms with Gasteiger partial charge in [0.05, 0.1) is 11.4 Å². The maximum Gasteiger partial charge on any atom is 0.138 e. The molecule has 17 heavy (non-hydrogen) atoms. The van der Waals surface area contributed by atoms with E-state index < -0.39 is 0 Å². The highest BCUT2D eigenvalue weighted by Crippen LogP contribution is 2.24. The molecule has 1 N–H and O–H groups in total. The highest BCUT2D eigenvalue weighted by Gasteiger charge is 2.09. The van der Waals surface area contributed by atoms with Crippen LogP contribution in [0.4, 0.5) is 0 Å². The number of aryl methyl sites for hydroxylation is 1. The predicted molar refractivity (Wildman–Crippen MR) is 71.4 cm³/mol. The topological polar surface area (TPSA) is 28.7 Å². The highest BCUT2D eigenvalue weighted by atomic mass is 14.9. The van der Waals surface area contributed by atoms with Crippen LogP contribution in [0.2, 0.25) is 0 Å². The molecule has 1 aromatic carbocycles. The Morgan fingerprint density at radius 2 is 1.94 bits per heavy atom. The van der Waals surface area contributed by atoms with E-state index in [1.807, 2.05) is 12.1 Å². The Morgan fingerprint density at radius 3 is 2.82 bits per heavy atom. The standard InChI is InChI=1S/C15H14N2/c1-11-7-5-6-8-12(11)15-16-13-9-3-2-4-10-14(13)17-15/h3-10H,2H2,1H3,(H,16,17). The molecule has 1 aliphatic carbocycles. The summed E-state index contributed by atoms with van der Waals surface area (Å²) in [4.78, 5) is 8.03. The van der Waals surface area contributed by atoms with Crippen LogP contribution in [0.25, 0.3) is 23.5 Å². The summed E-state index contributed by atoms with van der Waals surface area (Å²) >= 11 is 0. The van der Waals surface area contributed by atoms with Crippen molar-refractivity contribution in [2.24, 2.45) is 0 Å². The van der Waals surface area contributed by atoms with Crippen molar-refractivity contribution in [2.45, 2.75) is 13.3 Å². The number of hydrogen-bond acceptors (Lipinski definition) is 1. The largest absolute Gasteiger partial charge is 0.338 e. The van der Waals surface area contributed by atoms with Crippen molar-refractivity contribution in [3.63, 3.8) is 0 Å². The summed E-state index contributed by atoms with van der Waals surface area (Å²) in [6, 6.07) is 8.30. The number of H-pyrrole nitrogens is 1.